The predicted octanol–water partition coefficient (Wildman–Crippen LogP) is 3.64. The number of rotatable bonds is 6. The van der Waals surface area contributed by atoms with Crippen molar-refractivity contribution in [3.05, 3.63) is 77.9 Å². The third-order valence-electron chi connectivity index (χ3n) is 4.01. The fourth-order valence-electron chi connectivity index (χ4n) is 2.57. The molecule has 0 radical (unpaired) electrons. The van der Waals surface area contributed by atoms with Crippen molar-refractivity contribution < 1.29 is 4.79 Å². The lowest BCUT2D eigenvalue weighted by molar-refractivity contribution is -0.124. The van der Waals surface area contributed by atoms with E-state index in [1.54, 1.807) is 0 Å². The molecule has 1 atom stereocenters. The van der Waals surface area contributed by atoms with Gasteiger partial charge in [-0.15, -0.1) is 0 Å². The van der Waals surface area contributed by atoms with Crippen LogP contribution in [0.15, 0.2) is 61.2 Å². The molecule has 23 heavy (non-hydrogen) atoms. The van der Waals surface area contributed by atoms with E-state index in [0.29, 0.717) is 0 Å². The summed E-state index contributed by atoms with van der Waals surface area (Å²) in [5, 5.41) is 9.66. The van der Waals surface area contributed by atoms with Gasteiger partial charge in [0.05, 0.1) is 6.07 Å². The van der Waals surface area contributed by atoms with Crippen molar-refractivity contribution in [3.8, 4) is 6.07 Å². The molecular weight excluding hydrogens is 284 g/mol. The van der Waals surface area contributed by atoms with E-state index in [-0.39, 0.29) is 12.8 Å². The Kier molecular flexibility index (Phi) is 4.98. The zero-order valence-electron chi connectivity index (χ0n) is 13.3. The molecule has 1 unspecified atom stereocenters. The molecule has 0 saturated heterocycles. The molecule has 0 aliphatic carbocycles. The van der Waals surface area contributed by atoms with Crippen molar-refractivity contribution in [2.75, 3.05) is 0 Å². The summed E-state index contributed by atoms with van der Waals surface area (Å²) in [4.78, 5) is 12.0. The fourth-order valence-corrected chi connectivity index (χ4v) is 2.57. The van der Waals surface area contributed by atoms with Crippen LogP contribution in [0.1, 0.15) is 23.1 Å². The zero-order chi connectivity index (χ0) is 16.9. The first kappa shape index (κ1) is 16.5. The third-order valence-corrected chi connectivity index (χ3v) is 4.01. The summed E-state index contributed by atoms with van der Waals surface area (Å²) < 4.78 is 0. The number of nitrogens with two attached hydrogens (primary N) is 1. The van der Waals surface area contributed by atoms with E-state index in [4.69, 9.17) is 5.73 Å². The van der Waals surface area contributed by atoms with Gasteiger partial charge in [0.1, 0.15) is 5.41 Å². The van der Waals surface area contributed by atoms with Crippen LogP contribution < -0.4 is 5.73 Å². The van der Waals surface area contributed by atoms with Crippen LogP contribution in [0.3, 0.4) is 0 Å². The minimum Gasteiger partial charge on any atom is -0.368 e. The first-order valence-electron chi connectivity index (χ1n) is 7.47. The number of benzene rings is 2. The van der Waals surface area contributed by atoms with Crippen LogP contribution in [-0.4, -0.2) is 5.91 Å². The average Bonchev–Trinajstić information content (AvgIpc) is 2.55. The summed E-state index contributed by atoms with van der Waals surface area (Å²) in [7, 11) is 0. The number of aryl methyl sites for hydroxylation is 1. The van der Waals surface area contributed by atoms with Gasteiger partial charge >= 0.3 is 0 Å². The van der Waals surface area contributed by atoms with E-state index in [1.807, 2.05) is 61.5 Å². The summed E-state index contributed by atoms with van der Waals surface area (Å²) in [6, 6.07) is 19.4. The summed E-state index contributed by atoms with van der Waals surface area (Å²) >= 11 is 0. The van der Waals surface area contributed by atoms with E-state index in [9.17, 15) is 10.1 Å². The average molecular weight is 304 g/mol. The maximum absolute atomic E-state index is 12.0. The van der Waals surface area contributed by atoms with Gasteiger partial charge in [0.15, 0.2) is 0 Å². The smallest absolute Gasteiger partial charge is 0.238 e. The summed E-state index contributed by atoms with van der Waals surface area (Å²) in [5.41, 5.74) is 8.00. The highest BCUT2D eigenvalue weighted by Gasteiger charge is 2.37. The number of hydrogen-bond donors (Lipinski definition) is 1. The number of carbonyl (C=O) groups excluding carboxylic acids is 1. The Balaban J connectivity index is 2.28. The van der Waals surface area contributed by atoms with Crippen LogP contribution >= 0.6 is 0 Å². The van der Waals surface area contributed by atoms with Crippen molar-refractivity contribution in [1.29, 1.82) is 5.26 Å². The Labute approximate surface area is 137 Å². The van der Waals surface area contributed by atoms with Gasteiger partial charge in [0.25, 0.3) is 0 Å². The van der Waals surface area contributed by atoms with Crippen LogP contribution in [0.4, 0.5) is 0 Å². The molecule has 0 bridgehead atoms. The molecule has 2 rings (SSSR count). The van der Waals surface area contributed by atoms with E-state index in [1.165, 1.54) is 0 Å². The molecule has 0 aromatic heterocycles. The lowest BCUT2D eigenvalue weighted by Crippen LogP contribution is -2.38. The van der Waals surface area contributed by atoms with Gasteiger partial charge in [0.2, 0.25) is 5.91 Å². The molecule has 2 N–H and O–H groups in total. The molecule has 116 valence electrons. The molecule has 3 heteroatoms. The first-order valence-corrected chi connectivity index (χ1v) is 7.47. The standard InChI is InChI=1S/C20H20N2O/c1-15-8-10-18(11-9-15)16(2)12-20(14-21,19(22)23)13-17-6-4-3-5-7-17/h3-11H,2,12-13H2,1H3,(H2,22,23). The van der Waals surface area contributed by atoms with E-state index >= 15 is 0 Å². The molecule has 0 heterocycles. The van der Waals surface area contributed by atoms with Gasteiger partial charge in [-0.25, -0.2) is 0 Å². The highest BCUT2D eigenvalue weighted by Crippen LogP contribution is 2.33. The number of allylic oxidation sites excluding steroid dienone is 1. The predicted molar refractivity (Wildman–Crippen MR) is 92.2 cm³/mol. The topological polar surface area (TPSA) is 66.9 Å². The Morgan fingerprint density at radius 3 is 2.30 bits per heavy atom. The van der Waals surface area contributed by atoms with E-state index < -0.39 is 11.3 Å². The molecule has 3 nitrogen and oxygen atoms in total. The second kappa shape index (κ2) is 6.93. The molecule has 1 amide bonds. The fraction of sp³-hybridized carbons (Fsp3) is 0.200. The van der Waals surface area contributed by atoms with Gasteiger partial charge in [0, 0.05) is 12.8 Å². The number of carbonyl (C=O) groups is 1. The lowest BCUT2D eigenvalue weighted by atomic mass is 9.76. The molecule has 0 spiro atoms. The molecule has 2 aromatic carbocycles. The molecule has 2 aromatic rings. The third kappa shape index (κ3) is 3.87. The normalized spacial score (nSPS) is 12.9. The number of nitriles is 1. The van der Waals surface area contributed by atoms with Crippen molar-refractivity contribution in [2.24, 2.45) is 11.1 Å². The second-order valence-corrected chi connectivity index (χ2v) is 5.87. The van der Waals surface area contributed by atoms with Crippen molar-refractivity contribution in [2.45, 2.75) is 19.8 Å². The van der Waals surface area contributed by atoms with Crippen LogP contribution in [-0.2, 0) is 11.2 Å². The Morgan fingerprint density at radius 1 is 1.17 bits per heavy atom. The number of amides is 1. The quantitative estimate of drug-likeness (QED) is 0.885. The molecular formula is C20H20N2O. The Bertz CT molecular complexity index is 741. The van der Waals surface area contributed by atoms with E-state index in [0.717, 1.165) is 22.3 Å². The number of nitrogens with zero attached hydrogens (tertiary/aromatic N) is 1. The Morgan fingerprint density at radius 2 is 1.78 bits per heavy atom. The van der Waals surface area contributed by atoms with Crippen LogP contribution in [0.2, 0.25) is 0 Å². The number of hydrogen-bond acceptors (Lipinski definition) is 2. The van der Waals surface area contributed by atoms with Gasteiger partial charge < -0.3 is 5.73 Å². The molecule has 0 aliphatic heterocycles. The second-order valence-electron chi connectivity index (χ2n) is 5.87. The van der Waals surface area contributed by atoms with E-state index in [2.05, 4.69) is 12.6 Å². The van der Waals surface area contributed by atoms with Gasteiger partial charge in [-0.05, 0) is 23.6 Å². The molecule has 0 saturated carbocycles. The monoisotopic (exact) mass is 304 g/mol. The van der Waals surface area contributed by atoms with Gasteiger partial charge in [-0.2, -0.15) is 5.26 Å². The molecule has 0 aliphatic rings. The summed E-state index contributed by atoms with van der Waals surface area (Å²) in [6.07, 6.45) is 0.501. The molecule has 0 fully saturated rings. The minimum atomic E-state index is -1.29. The highest BCUT2D eigenvalue weighted by molar-refractivity contribution is 5.86. The van der Waals surface area contributed by atoms with Crippen LogP contribution in [0.5, 0.6) is 0 Å². The minimum absolute atomic E-state index is 0.219. The van der Waals surface area contributed by atoms with Crippen LogP contribution in [0, 0.1) is 23.7 Å². The highest BCUT2D eigenvalue weighted by atomic mass is 16.1. The Hall–Kier alpha value is -2.86. The van der Waals surface area contributed by atoms with Crippen LogP contribution in [0.25, 0.3) is 5.57 Å². The SMILES string of the molecule is C=C(CC(C#N)(Cc1ccccc1)C(N)=O)c1ccc(C)cc1. The maximum Gasteiger partial charge on any atom is 0.238 e. The summed E-state index contributed by atoms with van der Waals surface area (Å²) in [6.45, 7) is 6.06. The van der Waals surface area contributed by atoms with Gasteiger partial charge in [-0.3, -0.25) is 4.79 Å². The largest absolute Gasteiger partial charge is 0.368 e. The first-order chi connectivity index (χ1) is 11.0. The maximum atomic E-state index is 12.0. The number of primary amides is 1. The zero-order valence-corrected chi connectivity index (χ0v) is 13.3. The van der Waals surface area contributed by atoms with Gasteiger partial charge in [-0.1, -0.05) is 66.7 Å². The lowest BCUT2D eigenvalue weighted by Gasteiger charge is -2.24. The van der Waals surface area contributed by atoms with Crippen molar-refractivity contribution >= 4 is 11.5 Å². The van der Waals surface area contributed by atoms with Crippen molar-refractivity contribution in [3.63, 3.8) is 0 Å². The van der Waals surface area contributed by atoms with Crippen molar-refractivity contribution in [1.82, 2.24) is 0 Å². The summed E-state index contributed by atoms with van der Waals surface area (Å²) in [5.74, 6) is -0.614.